The normalized spacial score (nSPS) is 9.82. The van der Waals surface area contributed by atoms with Crippen molar-refractivity contribution in [2.75, 3.05) is 0 Å². The molecule has 0 aromatic rings. The highest BCUT2D eigenvalue weighted by Gasteiger charge is 1.88. The summed E-state index contributed by atoms with van der Waals surface area (Å²) in [4.78, 5) is 0. The Hall–Kier alpha value is -0.0400. The second-order valence-corrected chi connectivity index (χ2v) is 3.63. The molecule has 0 fully saturated rings. The molecule has 1 heteroatoms. The molecule has 0 atom stereocenters. The van der Waals surface area contributed by atoms with Crippen LogP contribution in [-0.2, 0) is 0 Å². The van der Waals surface area contributed by atoms with Crippen molar-refractivity contribution in [1.29, 1.82) is 0 Å². The SMILES string of the molecule is CC(C)O.CCCCC(C)C. The van der Waals surface area contributed by atoms with Crippen LogP contribution in [0.2, 0.25) is 0 Å². The van der Waals surface area contributed by atoms with Crippen molar-refractivity contribution in [3.63, 3.8) is 0 Å². The minimum Gasteiger partial charge on any atom is -0.394 e. The molecule has 0 amide bonds. The average molecular weight is 160 g/mol. The summed E-state index contributed by atoms with van der Waals surface area (Å²) in [5.74, 6) is 0.903. The van der Waals surface area contributed by atoms with E-state index in [1.807, 2.05) is 0 Å². The number of aliphatic hydroxyl groups excluding tert-OH is 1. The standard InChI is InChI=1S/C7H16.C3H8O/c1-4-5-6-7(2)3;1-3(2)4/h7H,4-6H2,1-3H3;3-4H,1-2H3. The molecule has 0 aliphatic carbocycles. The molecule has 0 aliphatic heterocycles. The molecule has 70 valence electrons. The van der Waals surface area contributed by atoms with E-state index in [0.29, 0.717) is 0 Å². The van der Waals surface area contributed by atoms with Crippen LogP contribution < -0.4 is 0 Å². The van der Waals surface area contributed by atoms with E-state index in [1.165, 1.54) is 19.3 Å². The molecule has 1 nitrogen and oxygen atoms in total. The van der Waals surface area contributed by atoms with E-state index in [-0.39, 0.29) is 6.10 Å². The minimum atomic E-state index is -0.167. The zero-order valence-corrected chi connectivity index (χ0v) is 8.72. The lowest BCUT2D eigenvalue weighted by Crippen LogP contribution is -1.85. The van der Waals surface area contributed by atoms with Gasteiger partial charge in [0.25, 0.3) is 0 Å². The highest BCUT2D eigenvalue weighted by atomic mass is 16.3. The van der Waals surface area contributed by atoms with Gasteiger partial charge in [-0.3, -0.25) is 0 Å². The van der Waals surface area contributed by atoms with E-state index in [4.69, 9.17) is 5.11 Å². The summed E-state index contributed by atoms with van der Waals surface area (Å²) >= 11 is 0. The molecule has 0 radical (unpaired) electrons. The number of aliphatic hydroxyl groups is 1. The van der Waals surface area contributed by atoms with Crippen LogP contribution in [0.15, 0.2) is 0 Å². The zero-order valence-electron chi connectivity index (χ0n) is 8.72. The fourth-order valence-electron chi connectivity index (χ4n) is 0.612. The maximum absolute atomic E-state index is 8.06. The van der Waals surface area contributed by atoms with E-state index in [0.717, 1.165) is 5.92 Å². The molecule has 0 bridgehead atoms. The smallest absolute Gasteiger partial charge is 0.0483 e. The molecule has 0 heterocycles. The number of unbranched alkanes of at least 4 members (excludes halogenated alkanes) is 1. The Morgan fingerprint density at radius 3 is 1.55 bits per heavy atom. The first-order chi connectivity index (χ1) is 5.00. The van der Waals surface area contributed by atoms with Gasteiger partial charge in [-0.1, -0.05) is 40.0 Å². The van der Waals surface area contributed by atoms with Crippen molar-refractivity contribution < 1.29 is 5.11 Å². The summed E-state index contributed by atoms with van der Waals surface area (Å²) in [6, 6.07) is 0. The summed E-state index contributed by atoms with van der Waals surface area (Å²) in [6.07, 6.45) is 3.98. The van der Waals surface area contributed by atoms with Crippen LogP contribution in [0.4, 0.5) is 0 Å². The van der Waals surface area contributed by atoms with Gasteiger partial charge >= 0.3 is 0 Å². The summed E-state index contributed by atoms with van der Waals surface area (Å²) in [7, 11) is 0. The van der Waals surface area contributed by atoms with Gasteiger partial charge in [-0.05, 0) is 19.8 Å². The van der Waals surface area contributed by atoms with Crippen molar-refractivity contribution in [2.24, 2.45) is 5.92 Å². The Morgan fingerprint density at radius 2 is 1.45 bits per heavy atom. The lowest BCUT2D eigenvalue weighted by molar-refractivity contribution is 0.216. The van der Waals surface area contributed by atoms with Crippen molar-refractivity contribution in [3.8, 4) is 0 Å². The maximum Gasteiger partial charge on any atom is 0.0483 e. The summed E-state index contributed by atoms with van der Waals surface area (Å²) < 4.78 is 0. The molecule has 11 heavy (non-hydrogen) atoms. The topological polar surface area (TPSA) is 20.2 Å². The Bertz CT molecular complexity index is 55.1. The molecule has 0 saturated heterocycles. The van der Waals surface area contributed by atoms with Crippen LogP contribution in [-0.4, -0.2) is 11.2 Å². The van der Waals surface area contributed by atoms with Crippen LogP contribution in [0, 0.1) is 5.92 Å². The van der Waals surface area contributed by atoms with Gasteiger partial charge in [0.1, 0.15) is 0 Å². The predicted molar refractivity (Wildman–Crippen MR) is 51.7 cm³/mol. The van der Waals surface area contributed by atoms with E-state index >= 15 is 0 Å². The quantitative estimate of drug-likeness (QED) is 0.672. The molecular formula is C10H24O. The van der Waals surface area contributed by atoms with Crippen LogP contribution in [0.25, 0.3) is 0 Å². The Labute approximate surface area is 71.8 Å². The van der Waals surface area contributed by atoms with Crippen molar-refractivity contribution >= 4 is 0 Å². The van der Waals surface area contributed by atoms with E-state index in [2.05, 4.69) is 20.8 Å². The van der Waals surface area contributed by atoms with Crippen LogP contribution in [0.1, 0.15) is 53.9 Å². The first-order valence-corrected chi connectivity index (χ1v) is 4.68. The molecule has 0 rings (SSSR count). The van der Waals surface area contributed by atoms with Crippen LogP contribution in [0.5, 0.6) is 0 Å². The molecule has 0 saturated carbocycles. The Balaban J connectivity index is 0. The molecule has 0 aliphatic rings. The third-order valence-corrected chi connectivity index (χ3v) is 1.14. The van der Waals surface area contributed by atoms with Gasteiger partial charge in [0.15, 0.2) is 0 Å². The molecular weight excluding hydrogens is 136 g/mol. The highest BCUT2D eigenvalue weighted by Crippen LogP contribution is 2.04. The highest BCUT2D eigenvalue weighted by molar-refractivity contribution is 4.42. The van der Waals surface area contributed by atoms with Gasteiger partial charge in [0, 0.05) is 6.10 Å². The van der Waals surface area contributed by atoms with Gasteiger partial charge in [-0.15, -0.1) is 0 Å². The first kappa shape index (κ1) is 13.5. The van der Waals surface area contributed by atoms with Gasteiger partial charge in [-0.25, -0.2) is 0 Å². The molecule has 0 aromatic carbocycles. The Kier molecular flexibility index (Phi) is 12.3. The number of rotatable bonds is 3. The summed E-state index contributed by atoms with van der Waals surface area (Å²) in [5, 5.41) is 8.06. The summed E-state index contributed by atoms with van der Waals surface area (Å²) in [6.45, 7) is 10.2. The predicted octanol–water partition coefficient (Wildman–Crippen LogP) is 3.22. The minimum absolute atomic E-state index is 0.167. The third kappa shape index (κ3) is 40.2. The fraction of sp³-hybridized carbons (Fsp3) is 1.00. The van der Waals surface area contributed by atoms with Gasteiger partial charge in [0.2, 0.25) is 0 Å². The summed E-state index contributed by atoms with van der Waals surface area (Å²) in [5.41, 5.74) is 0. The van der Waals surface area contributed by atoms with Crippen molar-refractivity contribution in [3.05, 3.63) is 0 Å². The molecule has 1 N–H and O–H groups in total. The lowest BCUT2D eigenvalue weighted by atomic mass is 10.1. The van der Waals surface area contributed by atoms with Crippen LogP contribution in [0.3, 0.4) is 0 Å². The van der Waals surface area contributed by atoms with Crippen molar-refractivity contribution in [1.82, 2.24) is 0 Å². The molecule has 0 unspecified atom stereocenters. The number of hydrogen-bond donors (Lipinski definition) is 1. The second-order valence-electron chi connectivity index (χ2n) is 3.63. The lowest BCUT2D eigenvalue weighted by Gasteiger charge is -1.98. The maximum atomic E-state index is 8.06. The van der Waals surface area contributed by atoms with E-state index < -0.39 is 0 Å². The average Bonchev–Trinajstić information content (AvgIpc) is 1.82. The fourth-order valence-corrected chi connectivity index (χ4v) is 0.612. The monoisotopic (exact) mass is 160 g/mol. The molecule has 0 spiro atoms. The van der Waals surface area contributed by atoms with Crippen molar-refractivity contribution in [2.45, 2.75) is 60.0 Å². The third-order valence-electron chi connectivity index (χ3n) is 1.14. The second kappa shape index (κ2) is 9.96. The zero-order chi connectivity index (χ0) is 9.28. The van der Waals surface area contributed by atoms with Crippen LogP contribution >= 0.6 is 0 Å². The van der Waals surface area contributed by atoms with Gasteiger partial charge in [-0.2, -0.15) is 0 Å². The van der Waals surface area contributed by atoms with E-state index in [9.17, 15) is 0 Å². The van der Waals surface area contributed by atoms with E-state index in [1.54, 1.807) is 13.8 Å². The largest absolute Gasteiger partial charge is 0.394 e. The van der Waals surface area contributed by atoms with Gasteiger partial charge < -0.3 is 5.11 Å². The van der Waals surface area contributed by atoms with Gasteiger partial charge in [0.05, 0.1) is 0 Å². The first-order valence-electron chi connectivity index (χ1n) is 4.68. The molecule has 0 aromatic heterocycles. The Morgan fingerprint density at radius 1 is 1.09 bits per heavy atom. The number of hydrogen-bond acceptors (Lipinski definition) is 1.